The predicted molar refractivity (Wildman–Crippen MR) is 185 cm³/mol. The first kappa shape index (κ1) is 26.5. The van der Waals surface area contributed by atoms with Crippen LogP contribution < -0.4 is 0 Å². The molecule has 0 amide bonds. The zero-order chi connectivity index (χ0) is 30.9. The molecule has 0 heterocycles. The van der Waals surface area contributed by atoms with Gasteiger partial charge < -0.3 is 10.2 Å². The minimum Gasteiger partial charge on any atom is -0.369 e. The summed E-state index contributed by atoms with van der Waals surface area (Å²) in [6.45, 7) is 0. The molecular formula is C44H26O2. The van der Waals surface area contributed by atoms with E-state index in [-0.39, 0.29) is 0 Å². The van der Waals surface area contributed by atoms with E-state index in [4.69, 9.17) is 0 Å². The van der Waals surface area contributed by atoms with Crippen LogP contribution in [-0.4, -0.2) is 10.2 Å². The fourth-order valence-corrected chi connectivity index (χ4v) is 7.40. The molecule has 0 aliphatic heterocycles. The van der Waals surface area contributed by atoms with Crippen LogP contribution in [0.15, 0.2) is 146 Å². The lowest BCUT2D eigenvalue weighted by Gasteiger charge is -2.19. The van der Waals surface area contributed by atoms with Gasteiger partial charge >= 0.3 is 0 Å². The third-order valence-corrected chi connectivity index (χ3v) is 9.52. The highest BCUT2D eigenvalue weighted by atomic mass is 16.3. The van der Waals surface area contributed by atoms with Gasteiger partial charge in [-0.05, 0) is 43.8 Å². The van der Waals surface area contributed by atoms with Crippen LogP contribution in [-0.2, 0) is 11.2 Å². The second kappa shape index (κ2) is 9.80. The Kier molecular flexibility index (Phi) is 5.65. The Bertz CT molecular complexity index is 2210. The van der Waals surface area contributed by atoms with Gasteiger partial charge in [0.15, 0.2) is 11.2 Å². The molecule has 0 fully saturated rings. The van der Waals surface area contributed by atoms with E-state index in [1.807, 2.05) is 121 Å². The van der Waals surface area contributed by atoms with Crippen LogP contribution in [0, 0.1) is 23.7 Å². The molecule has 2 nitrogen and oxygen atoms in total. The van der Waals surface area contributed by atoms with E-state index >= 15 is 0 Å². The van der Waals surface area contributed by atoms with Gasteiger partial charge in [-0.1, -0.05) is 169 Å². The minimum atomic E-state index is -1.44. The molecule has 2 N–H and O–H groups in total. The lowest BCUT2D eigenvalue weighted by Crippen LogP contribution is -2.22. The van der Waals surface area contributed by atoms with Crippen molar-refractivity contribution in [2.45, 2.75) is 11.2 Å². The summed E-state index contributed by atoms with van der Waals surface area (Å²) in [5.41, 5.74) is 5.98. The molecule has 2 heteroatoms. The highest BCUT2D eigenvalue weighted by Gasteiger charge is 2.41. The first-order chi connectivity index (χ1) is 22.6. The number of aliphatic hydroxyl groups is 2. The average molecular weight is 587 g/mol. The highest BCUT2D eigenvalue weighted by molar-refractivity contribution is 6.10. The second-order valence-electron chi connectivity index (χ2n) is 11.9. The molecule has 9 rings (SSSR count). The molecule has 214 valence electrons. The quantitative estimate of drug-likeness (QED) is 0.138. The third kappa shape index (κ3) is 3.64. The summed E-state index contributed by atoms with van der Waals surface area (Å²) in [4.78, 5) is 0. The number of hydrogen-bond acceptors (Lipinski definition) is 2. The molecule has 7 aromatic carbocycles. The molecule has 0 atom stereocenters. The van der Waals surface area contributed by atoms with Crippen molar-refractivity contribution in [3.63, 3.8) is 0 Å². The van der Waals surface area contributed by atoms with Crippen LogP contribution in [0.4, 0.5) is 0 Å². The van der Waals surface area contributed by atoms with Crippen molar-refractivity contribution in [3.05, 3.63) is 179 Å². The molecule has 0 saturated carbocycles. The van der Waals surface area contributed by atoms with Gasteiger partial charge in [0.2, 0.25) is 0 Å². The molecular weight excluding hydrogens is 560 g/mol. The van der Waals surface area contributed by atoms with Crippen molar-refractivity contribution in [3.8, 4) is 45.9 Å². The Morgan fingerprint density at radius 2 is 0.565 bits per heavy atom. The van der Waals surface area contributed by atoms with Crippen molar-refractivity contribution in [2.75, 3.05) is 0 Å². The summed E-state index contributed by atoms with van der Waals surface area (Å²) < 4.78 is 0. The Hall–Kier alpha value is -5.90. The predicted octanol–water partition coefficient (Wildman–Crippen LogP) is 8.53. The molecule has 2 aliphatic carbocycles. The second-order valence-corrected chi connectivity index (χ2v) is 11.9. The van der Waals surface area contributed by atoms with Crippen LogP contribution in [0.25, 0.3) is 43.8 Å². The van der Waals surface area contributed by atoms with Gasteiger partial charge in [0.05, 0.1) is 0 Å². The topological polar surface area (TPSA) is 40.5 Å². The van der Waals surface area contributed by atoms with Gasteiger partial charge in [0.25, 0.3) is 0 Å². The minimum absolute atomic E-state index is 0.796. The van der Waals surface area contributed by atoms with E-state index < -0.39 is 11.2 Å². The standard InChI is InChI=1S/C44H26O2/c45-43(39-21-9-5-17-35(39)36-18-6-10-22-40(36)43)27-25-33-29-13-1-2-14-30(29)34(32-16-4-3-15-31(32)33)26-28-44(46)41-23-11-7-19-37(41)38-20-8-12-24-42(38)44/h1-24,45-46H. The zero-order valence-electron chi connectivity index (χ0n) is 24.8. The first-order valence-electron chi connectivity index (χ1n) is 15.4. The van der Waals surface area contributed by atoms with Crippen LogP contribution in [0.3, 0.4) is 0 Å². The lowest BCUT2D eigenvalue weighted by atomic mass is 9.88. The van der Waals surface area contributed by atoms with E-state index in [0.29, 0.717) is 0 Å². The van der Waals surface area contributed by atoms with Crippen molar-refractivity contribution in [1.29, 1.82) is 0 Å². The summed E-state index contributed by atoms with van der Waals surface area (Å²) >= 11 is 0. The summed E-state index contributed by atoms with van der Waals surface area (Å²) in [6.07, 6.45) is 0. The summed E-state index contributed by atoms with van der Waals surface area (Å²) in [7, 11) is 0. The van der Waals surface area contributed by atoms with Crippen LogP contribution in [0.2, 0.25) is 0 Å². The monoisotopic (exact) mass is 586 g/mol. The van der Waals surface area contributed by atoms with Gasteiger partial charge in [-0.3, -0.25) is 0 Å². The van der Waals surface area contributed by atoms with Crippen molar-refractivity contribution >= 4 is 21.5 Å². The molecule has 0 bridgehead atoms. The maximum atomic E-state index is 12.2. The third-order valence-electron chi connectivity index (χ3n) is 9.52. The van der Waals surface area contributed by atoms with Crippen molar-refractivity contribution < 1.29 is 10.2 Å². The van der Waals surface area contributed by atoms with Crippen LogP contribution >= 0.6 is 0 Å². The van der Waals surface area contributed by atoms with Gasteiger partial charge in [-0.15, -0.1) is 0 Å². The Morgan fingerprint density at radius 3 is 0.848 bits per heavy atom. The summed E-state index contributed by atoms with van der Waals surface area (Å²) in [6, 6.07) is 48.1. The number of fused-ring (bicyclic) bond motifs is 8. The molecule has 0 spiro atoms. The van der Waals surface area contributed by atoms with Gasteiger partial charge in [-0.2, -0.15) is 0 Å². The zero-order valence-corrected chi connectivity index (χ0v) is 24.8. The molecule has 0 unspecified atom stereocenters. The normalized spacial score (nSPS) is 14.3. The molecule has 0 saturated heterocycles. The molecule has 0 radical (unpaired) electrons. The molecule has 7 aromatic rings. The number of rotatable bonds is 0. The van der Waals surface area contributed by atoms with E-state index in [1.165, 1.54) is 0 Å². The molecule has 0 aromatic heterocycles. The first-order valence-corrected chi connectivity index (χ1v) is 15.4. The highest BCUT2D eigenvalue weighted by Crippen LogP contribution is 2.48. The van der Waals surface area contributed by atoms with E-state index in [9.17, 15) is 10.2 Å². The fraction of sp³-hybridized carbons (Fsp3) is 0.0455. The van der Waals surface area contributed by atoms with E-state index in [1.54, 1.807) is 0 Å². The lowest BCUT2D eigenvalue weighted by molar-refractivity contribution is 0.150. The van der Waals surface area contributed by atoms with Crippen LogP contribution in [0.1, 0.15) is 33.4 Å². The fourth-order valence-electron chi connectivity index (χ4n) is 7.40. The van der Waals surface area contributed by atoms with E-state index in [2.05, 4.69) is 47.9 Å². The van der Waals surface area contributed by atoms with Crippen molar-refractivity contribution in [1.82, 2.24) is 0 Å². The molecule has 46 heavy (non-hydrogen) atoms. The van der Waals surface area contributed by atoms with Gasteiger partial charge in [-0.25, -0.2) is 0 Å². The summed E-state index contributed by atoms with van der Waals surface area (Å²) in [5, 5.41) is 28.2. The maximum Gasteiger partial charge on any atom is 0.178 e. The SMILES string of the molecule is OC1(C#Cc2c3ccccc3c(C#CC3(O)c4ccccc4-c4ccccc43)c3ccccc23)c2ccccc2-c2ccccc21. The molecule has 2 aliphatic rings. The maximum absolute atomic E-state index is 12.2. The number of benzene rings is 7. The smallest absolute Gasteiger partial charge is 0.178 e. The van der Waals surface area contributed by atoms with Crippen molar-refractivity contribution in [2.24, 2.45) is 0 Å². The Balaban J connectivity index is 1.27. The summed E-state index contributed by atoms with van der Waals surface area (Å²) in [5.74, 6) is 13.6. The van der Waals surface area contributed by atoms with Gasteiger partial charge in [0.1, 0.15) is 0 Å². The Labute approximate surface area is 267 Å². The van der Waals surface area contributed by atoms with E-state index in [0.717, 1.165) is 77.2 Å². The Morgan fingerprint density at radius 1 is 0.326 bits per heavy atom. The van der Waals surface area contributed by atoms with Crippen LogP contribution in [0.5, 0.6) is 0 Å². The largest absolute Gasteiger partial charge is 0.369 e. The number of hydrogen-bond donors (Lipinski definition) is 2. The van der Waals surface area contributed by atoms with Gasteiger partial charge in [0, 0.05) is 33.4 Å². The average Bonchev–Trinajstić information content (AvgIpc) is 3.52.